The second-order valence-corrected chi connectivity index (χ2v) is 4.85. The summed E-state index contributed by atoms with van der Waals surface area (Å²) < 4.78 is 10.3. The van der Waals surface area contributed by atoms with Crippen LogP contribution in [0.4, 0.5) is 5.69 Å². The third kappa shape index (κ3) is 5.10. The Morgan fingerprint density at radius 2 is 1.82 bits per heavy atom. The Morgan fingerprint density at radius 1 is 1.09 bits per heavy atom. The first-order valence-electron chi connectivity index (χ1n) is 6.49. The van der Waals surface area contributed by atoms with Crippen molar-refractivity contribution in [3.63, 3.8) is 0 Å². The van der Waals surface area contributed by atoms with Crippen LogP contribution in [-0.4, -0.2) is 18.5 Å². The maximum Gasteiger partial charge on any atom is 0.308 e. The van der Waals surface area contributed by atoms with Crippen molar-refractivity contribution in [1.29, 1.82) is 0 Å². The Labute approximate surface area is 132 Å². The fraction of sp³-hybridized carbons (Fsp3) is 0.125. The molecule has 0 fully saturated rings. The fourth-order valence-electron chi connectivity index (χ4n) is 1.68. The molecule has 6 heteroatoms. The molecule has 0 bridgehead atoms. The first-order chi connectivity index (χ1) is 10.5. The van der Waals surface area contributed by atoms with Crippen molar-refractivity contribution >= 4 is 29.2 Å². The van der Waals surface area contributed by atoms with E-state index in [0.29, 0.717) is 22.2 Å². The van der Waals surface area contributed by atoms with E-state index in [4.69, 9.17) is 21.1 Å². The summed E-state index contributed by atoms with van der Waals surface area (Å²) in [6.45, 7) is 1.17. The lowest BCUT2D eigenvalue weighted by atomic mass is 10.3. The first kappa shape index (κ1) is 15.9. The molecule has 0 aromatic heterocycles. The summed E-state index contributed by atoms with van der Waals surface area (Å²) in [4.78, 5) is 22.7. The summed E-state index contributed by atoms with van der Waals surface area (Å²) in [6, 6.07) is 13.3. The van der Waals surface area contributed by atoms with Gasteiger partial charge in [0.1, 0.15) is 11.5 Å². The minimum atomic E-state index is -0.422. The van der Waals surface area contributed by atoms with Gasteiger partial charge in [0.15, 0.2) is 6.61 Å². The largest absolute Gasteiger partial charge is 0.484 e. The molecule has 22 heavy (non-hydrogen) atoms. The molecule has 0 aliphatic carbocycles. The van der Waals surface area contributed by atoms with Crippen LogP contribution in [0.15, 0.2) is 48.5 Å². The lowest BCUT2D eigenvalue weighted by molar-refractivity contribution is -0.131. The molecule has 2 rings (SSSR count). The molecule has 0 saturated heterocycles. The maximum absolute atomic E-state index is 11.8. The van der Waals surface area contributed by atoms with Gasteiger partial charge >= 0.3 is 5.97 Å². The van der Waals surface area contributed by atoms with Crippen molar-refractivity contribution in [2.75, 3.05) is 11.9 Å². The molecule has 0 spiro atoms. The molecule has 0 heterocycles. The Balaban J connectivity index is 1.89. The summed E-state index contributed by atoms with van der Waals surface area (Å²) >= 11 is 5.76. The molecule has 114 valence electrons. The van der Waals surface area contributed by atoms with E-state index in [9.17, 15) is 9.59 Å². The van der Waals surface area contributed by atoms with Gasteiger partial charge in [-0.05, 0) is 36.4 Å². The second-order valence-electron chi connectivity index (χ2n) is 4.41. The van der Waals surface area contributed by atoms with Gasteiger partial charge in [0.25, 0.3) is 5.91 Å². The average molecular weight is 320 g/mol. The summed E-state index contributed by atoms with van der Waals surface area (Å²) in [5.41, 5.74) is 0.517. The molecule has 0 radical (unpaired) electrons. The highest BCUT2D eigenvalue weighted by atomic mass is 35.5. The molecule has 2 aromatic rings. The molecule has 0 aliphatic rings. The van der Waals surface area contributed by atoms with E-state index in [-0.39, 0.29) is 12.5 Å². The topological polar surface area (TPSA) is 64.6 Å². The Hall–Kier alpha value is -2.53. The molecule has 0 unspecified atom stereocenters. The van der Waals surface area contributed by atoms with E-state index in [1.807, 2.05) is 0 Å². The fourth-order valence-corrected chi connectivity index (χ4v) is 1.81. The highest BCUT2D eigenvalue weighted by molar-refractivity contribution is 6.30. The van der Waals surface area contributed by atoms with Crippen LogP contribution >= 0.6 is 11.6 Å². The molecule has 2 aromatic carbocycles. The number of ether oxygens (including phenoxy) is 2. The quantitative estimate of drug-likeness (QED) is 0.678. The lowest BCUT2D eigenvalue weighted by Crippen LogP contribution is -2.20. The second kappa shape index (κ2) is 7.47. The zero-order chi connectivity index (χ0) is 15.9. The molecule has 0 saturated carbocycles. The van der Waals surface area contributed by atoms with E-state index in [2.05, 4.69) is 5.32 Å². The highest BCUT2D eigenvalue weighted by Crippen LogP contribution is 2.18. The summed E-state index contributed by atoms with van der Waals surface area (Å²) in [5, 5.41) is 3.25. The van der Waals surface area contributed by atoms with Crippen LogP contribution in [0.5, 0.6) is 11.5 Å². The molecule has 1 N–H and O–H groups in total. The number of hydrogen-bond acceptors (Lipinski definition) is 4. The van der Waals surface area contributed by atoms with Gasteiger partial charge in [-0.2, -0.15) is 0 Å². The predicted molar refractivity (Wildman–Crippen MR) is 83.3 cm³/mol. The van der Waals surface area contributed by atoms with Crippen molar-refractivity contribution in [3.05, 3.63) is 53.6 Å². The van der Waals surface area contributed by atoms with Gasteiger partial charge in [-0.3, -0.25) is 9.59 Å². The van der Waals surface area contributed by atoms with Crippen LogP contribution in [0.25, 0.3) is 0 Å². The number of carbonyl (C=O) groups excluding carboxylic acids is 2. The van der Waals surface area contributed by atoms with Gasteiger partial charge in [-0.25, -0.2) is 0 Å². The van der Waals surface area contributed by atoms with E-state index >= 15 is 0 Å². The van der Waals surface area contributed by atoms with E-state index in [1.54, 1.807) is 48.5 Å². The van der Waals surface area contributed by atoms with Crippen molar-refractivity contribution in [3.8, 4) is 11.5 Å². The van der Waals surface area contributed by atoms with E-state index in [1.165, 1.54) is 6.92 Å². The summed E-state index contributed by atoms with van der Waals surface area (Å²) in [7, 11) is 0. The van der Waals surface area contributed by atoms with Crippen LogP contribution < -0.4 is 14.8 Å². The molecular formula is C16H14ClNO4. The minimum absolute atomic E-state index is 0.139. The van der Waals surface area contributed by atoms with Crippen LogP contribution in [-0.2, 0) is 9.59 Å². The van der Waals surface area contributed by atoms with Crippen molar-refractivity contribution in [2.45, 2.75) is 6.92 Å². The molecule has 0 aliphatic heterocycles. The smallest absolute Gasteiger partial charge is 0.308 e. The Kier molecular flexibility index (Phi) is 5.38. The third-order valence-electron chi connectivity index (χ3n) is 2.56. The zero-order valence-corrected chi connectivity index (χ0v) is 12.6. The van der Waals surface area contributed by atoms with Crippen molar-refractivity contribution < 1.29 is 19.1 Å². The number of esters is 1. The molecule has 0 atom stereocenters. The van der Waals surface area contributed by atoms with E-state index in [0.717, 1.165) is 0 Å². The van der Waals surface area contributed by atoms with E-state index < -0.39 is 5.97 Å². The Morgan fingerprint density at radius 3 is 2.50 bits per heavy atom. The molecular weight excluding hydrogens is 306 g/mol. The van der Waals surface area contributed by atoms with Gasteiger partial charge in [-0.15, -0.1) is 0 Å². The van der Waals surface area contributed by atoms with Crippen molar-refractivity contribution in [2.24, 2.45) is 0 Å². The zero-order valence-electron chi connectivity index (χ0n) is 11.8. The van der Waals surface area contributed by atoms with Gasteiger partial charge < -0.3 is 14.8 Å². The predicted octanol–water partition coefficient (Wildman–Crippen LogP) is 3.28. The Bertz CT molecular complexity index is 670. The number of nitrogens with one attached hydrogen (secondary N) is 1. The molecule has 5 nitrogen and oxygen atoms in total. The lowest BCUT2D eigenvalue weighted by Gasteiger charge is -2.08. The normalized spacial score (nSPS) is 9.91. The van der Waals surface area contributed by atoms with Crippen molar-refractivity contribution in [1.82, 2.24) is 0 Å². The maximum atomic E-state index is 11.8. The number of benzene rings is 2. The summed E-state index contributed by atoms with van der Waals surface area (Å²) in [6.07, 6.45) is 0. The number of hydrogen-bond donors (Lipinski definition) is 1. The number of amides is 1. The summed E-state index contributed by atoms with van der Waals surface area (Å²) in [5.74, 6) is 0.168. The third-order valence-corrected chi connectivity index (χ3v) is 2.81. The highest BCUT2D eigenvalue weighted by Gasteiger charge is 2.05. The standard InChI is InChI=1S/C16H14ClNO4/c1-11(19)22-15-4-2-3-13(9-15)18-16(20)10-21-14-7-5-12(17)6-8-14/h2-9H,10H2,1H3,(H,18,20). The van der Waals surface area contributed by atoms with Crippen LogP contribution in [0.2, 0.25) is 5.02 Å². The number of rotatable bonds is 5. The minimum Gasteiger partial charge on any atom is -0.484 e. The van der Waals surface area contributed by atoms with Gasteiger partial charge in [0.2, 0.25) is 0 Å². The SMILES string of the molecule is CC(=O)Oc1cccc(NC(=O)COc2ccc(Cl)cc2)c1. The van der Waals surface area contributed by atoms with Gasteiger partial charge in [-0.1, -0.05) is 17.7 Å². The van der Waals surface area contributed by atoms with Crippen LogP contribution in [0, 0.1) is 0 Å². The number of halogens is 1. The van der Waals surface area contributed by atoms with Crippen LogP contribution in [0.1, 0.15) is 6.92 Å². The monoisotopic (exact) mass is 319 g/mol. The molecule has 1 amide bonds. The first-order valence-corrected chi connectivity index (χ1v) is 6.87. The number of carbonyl (C=O) groups is 2. The average Bonchev–Trinajstić information content (AvgIpc) is 2.46. The van der Waals surface area contributed by atoms with Crippen LogP contribution in [0.3, 0.4) is 0 Å². The number of anilines is 1. The van der Waals surface area contributed by atoms with Gasteiger partial charge in [0.05, 0.1) is 0 Å². The van der Waals surface area contributed by atoms with Gasteiger partial charge in [0, 0.05) is 23.7 Å².